The van der Waals surface area contributed by atoms with E-state index in [2.05, 4.69) is 4.98 Å². The Labute approximate surface area is 168 Å². The number of carbonyl (C=O) groups is 1. The molecule has 0 fully saturated rings. The highest BCUT2D eigenvalue weighted by Crippen LogP contribution is 2.34. The predicted octanol–water partition coefficient (Wildman–Crippen LogP) is 6.14. The summed E-state index contributed by atoms with van der Waals surface area (Å²) in [5.41, 5.74) is 0.225. The van der Waals surface area contributed by atoms with Crippen LogP contribution < -0.4 is 0 Å². The number of fused-ring (bicyclic) bond motifs is 1. The number of alkyl halides is 3. The van der Waals surface area contributed by atoms with E-state index in [0.29, 0.717) is 11.4 Å². The summed E-state index contributed by atoms with van der Waals surface area (Å²) in [4.78, 5) is 16.7. The lowest BCUT2D eigenvalue weighted by Crippen LogP contribution is -2.11. The summed E-state index contributed by atoms with van der Waals surface area (Å²) in [6, 6.07) is 7.17. The van der Waals surface area contributed by atoms with Crippen LogP contribution in [0.3, 0.4) is 0 Å². The monoisotopic (exact) mass is 430 g/mol. The molecule has 2 aromatic heterocycles. The molecule has 0 aliphatic carbocycles. The average molecular weight is 431 g/mol. The summed E-state index contributed by atoms with van der Waals surface area (Å²) in [6.45, 7) is 3.38. The van der Waals surface area contributed by atoms with E-state index in [1.54, 1.807) is 18.2 Å². The summed E-state index contributed by atoms with van der Waals surface area (Å²) in [7, 11) is 0. The van der Waals surface area contributed by atoms with Crippen LogP contribution in [0, 0.1) is 0 Å². The minimum Gasteiger partial charge on any atom is -0.456 e. The summed E-state index contributed by atoms with van der Waals surface area (Å²) >= 11 is 12.0. The molecule has 1 aromatic carbocycles. The maximum Gasteiger partial charge on any atom is 0.417 e. The van der Waals surface area contributed by atoms with E-state index in [0.717, 1.165) is 12.3 Å². The summed E-state index contributed by atoms with van der Waals surface area (Å²) in [5, 5.41) is 0.0810. The first-order valence-electron chi connectivity index (χ1n) is 8.28. The standard InChI is InChI=1S/C19H15Cl2F3N2O2/c1-10(2)16-15(9-28-18(27)12-5-3-4-6-13(12)20)26-8-11(19(22,23)24)7-14(21)17(26)25-16/h3-8,10H,9H2,1-2H3. The highest BCUT2D eigenvalue weighted by Gasteiger charge is 2.32. The third kappa shape index (κ3) is 3.95. The minimum absolute atomic E-state index is 0.126. The van der Waals surface area contributed by atoms with Crippen molar-refractivity contribution in [1.29, 1.82) is 0 Å². The van der Waals surface area contributed by atoms with Crippen LogP contribution in [0.15, 0.2) is 36.5 Å². The molecular formula is C19H15Cl2F3N2O2. The van der Waals surface area contributed by atoms with Crippen LogP contribution in [0.2, 0.25) is 10.0 Å². The lowest BCUT2D eigenvalue weighted by atomic mass is 10.1. The first kappa shape index (κ1) is 20.5. The minimum atomic E-state index is -4.58. The quantitative estimate of drug-likeness (QED) is 0.466. The Balaban J connectivity index is 2.03. The first-order valence-corrected chi connectivity index (χ1v) is 9.04. The number of nitrogens with zero attached hydrogens (tertiary/aromatic N) is 2. The third-order valence-corrected chi connectivity index (χ3v) is 4.72. The van der Waals surface area contributed by atoms with Crippen LogP contribution in [-0.2, 0) is 17.5 Å². The second-order valence-electron chi connectivity index (χ2n) is 6.42. The van der Waals surface area contributed by atoms with Crippen molar-refractivity contribution in [2.24, 2.45) is 0 Å². The third-order valence-electron chi connectivity index (χ3n) is 4.11. The van der Waals surface area contributed by atoms with Crippen LogP contribution in [-0.4, -0.2) is 15.4 Å². The van der Waals surface area contributed by atoms with E-state index in [1.165, 1.54) is 10.5 Å². The fourth-order valence-electron chi connectivity index (χ4n) is 2.77. The number of pyridine rings is 1. The Morgan fingerprint density at radius 1 is 1.21 bits per heavy atom. The van der Waals surface area contributed by atoms with E-state index >= 15 is 0 Å². The van der Waals surface area contributed by atoms with Gasteiger partial charge in [-0.05, 0) is 24.1 Å². The van der Waals surface area contributed by atoms with Gasteiger partial charge in [-0.2, -0.15) is 13.2 Å². The molecule has 28 heavy (non-hydrogen) atoms. The molecule has 0 unspecified atom stereocenters. The van der Waals surface area contributed by atoms with E-state index in [-0.39, 0.29) is 33.8 Å². The van der Waals surface area contributed by atoms with Gasteiger partial charge in [-0.25, -0.2) is 9.78 Å². The maximum atomic E-state index is 13.2. The number of halogens is 5. The van der Waals surface area contributed by atoms with Gasteiger partial charge in [0.1, 0.15) is 6.61 Å². The van der Waals surface area contributed by atoms with Crippen molar-refractivity contribution in [2.75, 3.05) is 0 Å². The van der Waals surface area contributed by atoms with Crippen LogP contribution in [0.4, 0.5) is 13.2 Å². The molecule has 0 atom stereocenters. The topological polar surface area (TPSA) is 43.6 Å². The average Bonchev–Trinajstić information content (AvgIpc) is 2.99. The Bertz CT molecular complexity index is 1050. The van der Waals surface area contributed by atoms with Crippen LogP contribution in [0.1, 0.15) is 47.1 Å². The van der Waals surface area contributed by atoms with Gasteiger partial charge in [0.2, 0.25) is 0 Å². The van der Waals surface area contributed by atoms with Gasteiger partial charge in [-0.1, -0.05) is 49.2 Å². The van der Waals surface area contributed by atoms with Crippen molar-refractivity contribution >= 4 is 34.8 Å². The number of hydrogen-bond acceptors (Lipinski definition) is 3. The van der Waals surface area contributed by atoms with E-state index in [9.17, 15) is 18.0 Å². The number of ether oxygens (including phenoxy) is 1. The Morgan fingerprint density at radius 3 is 2.50 bits per heavy atom. The highest BCUT2D eigenvalue weighted by molar-refractivity contribution is 6.34. The molecule has 148 valence electrons. The SMILES string of the molecule is CC(C)c1nc2c(Cl)cc(C(F)(F)F)cn2c1COC(=O)c1ccccc1Cl. The zero-order chi connectivity index (χ0) is 20.6. The zero-order valence-electron chi connectivity index (χ0n) is 14.8. The van der Waals surface area contributed by atoms with Gasteiger partial charge in [0.15, 0.2) is 5.65 Å². The number of hydrogen-bond donors (Lipinski definition) is 0. The molecule has 2 heterocycles. The molecule has 0 saturated heterocycles. The van der Waals surface area contributed by atoms with Gasteiger partial charge in [-0.15, -0.1) is 0 Å². The molecule has 4 nitrogen and oxygen atoms in total. The second kappa shape index (κ2) is 7.64. The van der Waals surface area contributed by atoms with Crippen LogP contribution in [0.25, 0.3) is 5.65 Å². The van der Waals surface area contributed by atoms with E-state index in [4.69, 9.17) is 27.9 Å². The molecule has 3 rings (SSSR count). The first-order chi connectivity index (χ1) is 13.1. The molecular weight excluding hydrogens is 416 g/mol. The van der Waals surface area contributed by atoms with Gasteiger partial charge < -0.3 is 4.74 Å². The molecule has 0 N–H and O–H groups in total. The molecule has 0 aliphatic rings. The van der Waals surface area contributed by atoms with Gasteiger partial charge in [0.05, 0.1) is 32.6 Å². The predicted molar refractivity (Wildman–Crippen MR) is 99.9 cm³/mol. The van der Waals surface area contributed by atoms with Gasteiger partial charge in [-0.3, -0.25) is 4.40 Å². The summed E-state index contributed by atoms with van der Waals surface area (Å²) < 4.78 is 46.1. The molecule has 9 heteroatoms. The van der Waals surface area contributed by atoms with Crippen molar-refractivity contribution in [3.63, 3.8) is 0 Å². The van der Waals surface area contributed by atoms with E-state index < -0.39 is 17.7 Å². The summed E-state index contributed by atoms with van der Waals surface area (Å²) in [5.74, 6) is -0.812. The summed E-state index contributed by atoms with van der Waals surface area (Å²) in [6.07, 6.45) is -3.68. The fourth-order valence-corrected chi connectivity index (χ4v) is 3.23. The smallest absolute Gasteiger partial charge is 0.417 e. The lowest BCUT2D eigenvalue weighted by Gasteiger charge is -2.12. The normalized spacial score (nSPS) is 12.0. The van der Waals surface area contributed by atoms with E-state index in [1.807, 2.05) is 13.8 Å². The number of imidazole rings is 1. The van der Waals surface area contributed by atoms with Gasteiger partial charge >= 0.3 is 12.1 Å². The molecule has 0 radical (unpaired) electrons. The fraction of sp³-hybridized carbons (Fsp3) is 0.263. The number of esters is 1. The largest absolute Gasteiger partial charge is 0.456 e. The molecule has 0 spiro atoms. The molecule has 0 aliphatic heterocycles. The van der Waals surface area contributed by atoms with Crippen molar-refractivity contribution < 1.29 is 22.7 Å². The number of aromatic nitrogens is 2. The number of benzene rings is 1. The van der Waals surface area contributed by atoms with Crippen molar-refractivity contribution in [1.82, 2.24) is 9.38 Å². The number of carbonyl (C=O) groups excluding carboxylic acids is 1. The molecule has 0 bridgehead atoms. The molecule has 0 amide bonds. The van der Waals surface area contributed by atoms with Crippen molar-refractivity contribution in [3.8, 4) is 0 Å². The Kier molecular flexibility index (Phi) is 5.59. The van der Waals surface area contributed by atoms with Crippen molar-refractivity contribution in [3.05, 3.63) is 69.1 Å². The lowest BCUT2D eigenvalue weighted by molar-refractivity contribution is -0.137. The van der Waals surface area contributed by atoms with Gasteiger partial charge in [0, 0.05) is 6.20 Å². The number of rotatable bonds is 4. The molecule has 0 saturated carbocycles. The zero-order valence-corrected chi connectivity index (χ0v) is 16.4. The van der Waals surface area contributed by atoms with Crippen molar-refractivity contribution in [2.45, 2.75) is 32.5 Å². The second-order valence-corrected chi connectivity index (χ2v) is 7.24. The molecule has 3 aromatic rings. The Morgan fingerprint density at radius 2 is 1.89 bits per heavy atom. The van der Waals surface area contributed by atoms with Crippen LogP contribution in [0.5, 0.6) is 0 Å². The van der Waals surface area contributed by atoms with Crippen LogP contribution >= 0.6 is 23.2 Å². The Hall–Kier alpha value is -2.25. The van der Waals surface area contributed by atoms with Gasteiger partial charge in [0.25, 0.3) is 0 Å². The highest BCUT2D eigenvalue weighted by atomic mass is 35.5. The maximum absolute atomic E-state index is 13.2.